The normalized spacial score (nSPS) is 10.7. The van der Waals surface area contributed by atoms with Crippen LogP contribution in [0.3, 0.4) is 0 Å². The summed E-state index contributed by atoms with van der Waals surface area (Å²) in [6, 6.07) is 12.9. The van der Waals surface area contributed by atoms with Gasteiger partial charge in [-0.2, -0.15) is 0 Å². The second-order valence-electron chi connectivity index (χ2n) is 4.65. The fourth-order valence-electron chi connectivity index (χ4n) is 2.08. The summed E-state index contributed by atoms with van der Waals surface area (Å²) in [6.45, 7) is 1.93. The molecule has 0 aliphatic heterocycles. The number of aryl methyl sites for hydroxylation is 1. The molecule has 0 aliphatic carbocycles. The third-order valence-corrected chi connectivity index (χ3v) is 3.07. The number of H-pyrrole nitrogens is 1. The number of nitrogens with zero attached hydrogens (tertiary/aromatic N) is 1. The molecule has 100 valence electrons. The van der Waals surface area contributed by atoms with E-state index in [1.54, 1.807) is 12.1 Å². The molecular formula is C15H14N4O. The Morgan fingerprint density at radius 2 is 2.05 bits per heavy atom. The van der Waals surface area contributed by atoms with Crippen molar-refractivity contribution in [1.82, 2.24) is 9.97 Å². The van der Waals surface area contributed by atoms with Crippen molar-refractivity contribution in [3.63, 3.8) is 0 Å². The van der Waals surface area contributed by atoms with Crippen molar-refractivity contribution in [3.05, 3.63) is 53.6 Å². The van der Waals surface area contributed by atoms with E-state index >= 15 is 0 Å². The minimum atomic E-state index is -0.276. The van der Waals surface area contributed by atoms with Gasteiger partial charge in [-0.15, -0.1) is 0 Å². The number of fused-ring (bicyclic) bond motifs is 1. The number of hydrogen-bond acceptors (Lipinski definition) is 3. The van der Waals surface area contributed by atoms with Crippen LogP contribution in [-0.4, -0.2) is 15.9 Å². The number of amides is 1. The Kier molecular flexibility index (Phi) is 2.87. The van der Waals surface area contributed by atoms with Crippen molar-refractivity contribution in [2.24, 2.45) is 0 Å². The molecule has 0 radical (unpaired) electrons. The van der Waals surface area contributed by atoms with Crippen LogP contribution in [0.15, 0.2) is 42.5 Å². The van der Waals surface area contributed by atoms with Gasteiger partial charge in [0, 0.05) is 5.69 Å². The van der Waals surface area contributed by atoms with Gasteiger partial charge in [0.15, 0.2) is 0 Å². The number of carbonyl (C=O) groups excluding carboxylic acids is 1. The van der Waals surface area contributed by atoms with Gasteiger partial charge in [0.1, 0.15) is 0 Å². The van der Waals surface area contributed by atoms with E-state index in [-0.39, 0.29) is 5.91 Å². The van der Waals surface area contributed by atoms with Crippen molar-refractivity contribution in [2.45, 2.75) is 6.92 Å². The van der Waals surface area contributed by atoms with E-state index in [2.05, 4.69) is 15.3 Å². The summed E-state index contributed by atoms with van der Waals surface area (Å²) >= 11 is 0. The fourth-order valence-corrected chi connectivity index (χ4v) is 2.08. The van der Waals surface area contributed by atoms with E-state index in [1.807, 2.05) is 37.3 Å². The minimum Gasteiger partial charge on any atom is -0.398 e. The van der Waals surface area contributed by atoms with E-state index in [0.29, 0.717) is 17.2 Å². The molecule has 1 amide bonds. The first kappa shape index (κ1) is 12.2. The Balaban J connectivity index is 1.88. The molecule has 0 aliphatic rings. The summed E-state index contributed by atoms with van der Waals surface area (Å²) in [4.78, 5) is 19.5. The lowest BCUT2D eigenvalue weighted by atomic mass is 10.1. The number of para-hydroxylation sites is 2. The highest BCUT2D eigenvalue weighted by molar-refractivity contribution is 6.07. The van der Waals surface area contributed by atoms with E-state index < -0.39 is 0 Å². The van der Waals surface area contributed by atoms with Crippen molar-refractivity contribution >= 4 is 28.6 Å². The SMILES string of the molecule is Cc1ccc(C(=O)Nc2nc3ccccc3[nH]2)c(N)c1. The Morgan fingerprint density at radius 1 is 1.25 bits per heavy atom. The average Bonchev–Trinajstić information content (AvgIpc) is 2.80. The third kappa shape index (κ3) is 2.21. The standard InChI is InChI=1S/C15H14N4O/c1-9-6-7-10(11(16)8-9)14(20)19-15-17-12-4-2-3-5-13(12)18-15/h2-8H,16H2,1H3,(H2,17,18,19,20). The van der Waals surface area contributed by atoms with Crippen LogP contribution in [0.25, 0.3) is 11.0 Å². The highest BCUT2D eigenvalue weighted by atomic mass is 16.1. The number of hydrogen-bond donors (Lipinski definition) is 3. The molecule has 3 rings (SSSR count). The zero-order valence-electron chi connectivity index (χ0n) is 11.0. The minimum absolute atomic E-state index is 0.276. The number of nitrogens with one attached hydrogen (secondary N) is 2. The molecular weight excluding hydrogens is 252 g/mol. The number of aromatic nitrogens is 2. The highest BCUT2D eigenvalue weighted by Crippen LogP contribution is 2.17. The van der Waals surface area contributed by atoms with Gasteiger partial charge < -0.3 is 10.7 Å². The smallest absolute Gasteiger partial charge is 0.260 e. The molecule has 4 N–H and O–H groups in total. The van der Waals surface area contributed by atoms with Crippen molar-refractivity contribution < 1.29 is 4.79 Å². The molecule has 1 heterocycles. The van der Waals surface area contributed by atoms with Crippen LogP contribution >= 0.6 is 0 Å². The maximum absolute atomic E-state index is 12.2. The van der Waals surface area contributed by atoms with E-state index in [4.69, 9.17) is 5.73 Å². The van der Waals surface area contributed by atoms with Crippen LogP contribution in [-0.2, 0) is 0 Å². The predicted octanol–water partition coefficient (Wildman–Crippen LogP) is 2.71. The number of anilines is 2. The molecule has 0 unspecified atom stereocenters. The second kappa shape index (κ2) is 4.70. The van der Waals surface area contributed by atoms with Crippen LogP contribution in [0, 0.1) is 6.92 Å². The summed E-state index contributed by atoms with van der Waals surface area (Å²) in [6.07, 6.45) is 0. The number of rotatable bonds is 2. The molecule has 0 spiro atoms. The maximum atomic E-state index is 12.2. The number of carbonyl (C=O) groups is 1. The Bertz CT molecular complexity index is 758. The third-order valence-electron chi connectivity index (χ3n) is 3.07. The quantitative estimate of drug-likeness (QED) is 0.623. The summed E-state index contributed by atoms with van der Waals surface area (Å²) in [5, 5.41) is 2.72. The fraction of sp³-hybridized carbons (Fsp3) is 0.0667. The number of imidazole rings is 1. The van der Waals surface area contributed by atoms with Gasteiger partial charge in [0.25, 0.3) is 5.91 Å². The second-order valence-corrected chi connectivity index (χ2v) is 4.65. The zero-order chi connectivity index (χ0) is 14.1. The van der Waals surface area contributed by atoms with Crippen LogP contribution < -0.4 is 11.1 Å². The van der Waals surface area contributed by atoms with Crippen LogP contribution in [0.2, 0.25) is 0 Å². The van der Waals surface area contributed by atoms with Crippen molar-refractivity contribution in [2.75, 3.05) is 11.1 Å². The van der Waals surface area contributed by atoms with E-state index in [0.717, 1.165) is 16.6 Å². The lowest BCUT2D eigenvalue weighted by Crippen LogP contribution is -2.15. The first-order chi connectivity index (χ1) is 9.63. The van der Waals surface area contributed by atoms with E-state index in [9.17, 15) is 4.79 Å². The highest BCUT2D eigenvalue weighted by Gasteiger charge is 2.12. The molecule has 20 heavy (non-hydrogen) atoms. The number of nitrogen functional groups attached to an aromatic ring is 1. The van der Waals surface area contributed by atoms with Gasteiger partial charge in [0.2, 0.25) is 5.95 Å². The maximum Gasteiger partial charge on any atom is 0.260 e. The lowest BCUT2D eigenvalue weighted by Gasteiger charge is -2.05. The topological polar surface area (TPSA) is 83.8 Å². The molecule has 0 fully saturated rings. The number of aromatic amines is 1. The lowest BCUT2D eigenvalue weighted by molar-refractivity contribution is 0.102. The Morgan fingerprint density at radius 3 is 2.80 bits per heavy atom. The molecule has 2 aromatic carbocycles. The molecule has 0 saturated carbocycles. The monoisotopic (exact) mass is 266 g/mol. The van der Waals surface area contributed by atoms with Crippen LogP contribution in [0.5, 0.6) is 0 Å². The van der Waals surface area contributed by atoms with Gasteiger partial charge in [-0.05, 0) is 36.8 Å². The molecule has 5 nitrogen and oxygen atoms in total. The molecule has 3 aromatic rings. The van der Waals surface area contributed by atoms with Gasteiger partial charge in [-0.25, -0.2) is 4.98 Å². The van der Waals surface area contributed by atoms with Gasteiger partial charge in [-0.1, -0.05) is 18.2 Å². The first-order valence-electron chi connectivity index (χ1n) is 6.26. The predicted molar refractivity (Wildman–Crippen MR) is 79.6 cm³/mol. The molecule has 0 atom stereocenters. The molecule has 0 bridgehead atoms. The van der Waals surface area contributed by atoms with Gasteiger partial charge in [0.05, 0.1) is 16.6 Å². The number of nitrogens with two attached hydrogens (primary N) is 1. The summed E-state index contributed by atoms with van der Waals surface area (Å²) in [7, 11) is 0. The summed E-state index contributed by atoms with van der Waals surface area (Å²) < 4.78 is 0. The van der Waals surface area contributed by atoms with Gasteiger partial charge in [-0.3, -0.25) is 10.1 Å². The molecule has 1 aromatic heterocycles. The summed E-state index contributed by atoms with van der Waals surface area (Å²) in [5.74, 6) is 0.137. The van der Waals surface area contributed by atoms with Crippen LogP contribution in [0.4, 0.5) is 11.6 Å². The van der Waals surface area contributed by atoms with Crippen LogP contribution in [0.1, 0.15) is 15.9 Å². The number of benzene rings is 2. The van der Waals surface area contributed by atoms with Gasteiger partial charge >= 0.3 is 0 Å². The largest absolute Gasteiger partial charge is 0.398 e. The van der Waals surface area contributed by atoms with Crippen molar-refractivity contribution in [1.29, 1.82) is 0 Å². The zero-order valence-corrected chi connectivity index (χ0v) is 11.0. The first-order valence-corrected chi connectivity index (χ1v) is 6.26. The van der Waals surface area contributed by atoms with Crippen molar-refractivity contribution in [3.8, 4) is 0 Å². The summed E-state index contributed by atoms with van der Waals surface area (Å²) in [5.41, 5.74) is 9.45. The molecule has 0 saturated heterocycles. The Hall–Kier alpha value is -2.82. The average molecular weight is 266 g/mol. The Labute approximate surface area is 115 Å². The van der Waals surface area contributed by atoms with E-state index in [1.165, 1.54) is 0 Å². The molecule has 5 heteroatoms.